The number of nitrogens with one attached hydrogen (secondary N) is 2. The number of carbonyl (C=O) groups excluding carboxylic acids is 3. The van der Waals surface area contributed by atoms with Crippen LogP contribution in [0.3, 0.4) is 0 Å². The van der Waals surface area contributed by atoms with E-state index < -0.39 is 12.1 Å². The molecule has 3 atom stereocenters. The van der Waals surface area contributed by atoms with Gasteiger partial charge in [0.2, 0.25) is 17.7 Å². The lowest BCUT2D eigenvalue weighted by molar-refractivity contribution is -0.144. The molecule has 2 heterocycles. The molecule has 1 aliphatic heterocycles. The van der Waals surface area contributed by atoms with Crippen LogP contribution in [0.25, 0.3) is 11.0 Å². The molecule has 1 fully saturated rings. The Morgan fingerprint density at radius 3 is 2.45 bits per heavy atom. The van der Waals surface area contributed by atoms with Gasteiger partial charge in [0.25, 0.3) is 0 Å². The number of para-hydroxylation sites is 2. The number of benzene rings is 2. The SMILES string of the molecule is CC(=O)N[C@H]1C[C@@H](C(=O)N(C)C)N(C(=O)CCc2nc3ccccc3[nH]2)[C@H]1c1ccccc1. The van der Waals surface area contributed by atoms with E-state index in [0.717, 1.165) is 22.4 Å². The second kappa shape index (κ2) is 9.44. The third-order valence-electron chi connectivity index (χ3n) is 6.05. The van der Waals surface area contributed by atoms with Gasteiger partial charge < -0.3 is 20.1 Å². The van der Waals surface area contributed by atoms with Crippen molar-refractivity contribution in [3.8, 4) is 0 Å². The molecule has 0 aliphatic carbocycles. The zero-order valence-corrected chi connectivity index (χ0v) is 19.1. The van der Waals surface area contributed by atoms with Crippen molar-refractivity contribution in [2.75, 3.05) is 14.1 Å². The third kappa shape index (κ3) is 4.74. The van der Waals surface area contributed by atoms with E-state index in [1.54, 1.807) is 19.0 Å². The average Bonchev–Trinajstić information content (AvgIpc) is 3.38. The van der Waals surface area contributed by atoms with Crippen molar-refractivity contribution >= 4 is 28.8 Å². The molecule has 8 heteroatoms. The second-order valence-corrected chi connectivity index (χ2v) is 8.65. The van der Waals surface area contributed by atoms with Crippen LogP contribution in [0.4, 0.5) is 0 Å². The molecule has 0 bridgehead atoms. The Hall–Kier alpha value is -3.68. The Labute approximate surface area is 193 Å². The number of hydrogen-bond donors (Lipinski definition) is 2. The summed E-state index contributed by atoms with van der Waals surface area (Å²) in [5.74, 6) is 0.251. The third-order valence-corrected chi connectivity index (χ3v) is 6.05. The molecule has 1 saturated heterocycles. The van der Waals surface area contributed by atoms with Gasteiger partial charge >= 0.3 is 0 Å². The summed E-state index contributed by atoms with van der Waals surface area (Å²) >= 11 is 0. The lowest BCUT2D eigenvalue weighted by atomic mass is 9.99. The number of aromatic nitrogens is 2. The number of likely N-dealkylation sites (N-methyl/N-ethyl adjacent to an activating group) is 1. The lowest BCUT2D eigenvalue weighted by Gasteiger charge is -2.32. The Kier molecular flexibility index (Phi) is 6.44. The molecule has 172 valence electrons. The molecule has 8 nitrogen and oxygen atoms in total. The minimum absolute atomic E-state index is 0.141. The van der Waals surface area contributed by atoms with Gasteiger partial charge in [-0.15, -0.1) is 0 Å². The molecule has 0 radical (unpaired) electrons. The summed E-state index contributed by atoms with van der Waals surface area (Å²) < 4.78 is 0. The van der Waals surface area contributed by atoms with Gasteiger partial charge in [0.1, 0.15) is 11.9 Å². The van der Waals surface area contributed by atoms with Crippen LogP contribution in [-0.2, 0) is 20.8 Å². The smallest absolute Gasteiger partial charge is 0.244 e. The summed E-state index contributed by atoms with van der Waals surface area (Å²) in [4.78, 5) is 49.6. The normalized spacial score (nSPS) is 20.1. The fraction of sp³-hybridized carbons (Fsp3) is 0.360. The Morgan fingerprint density at radius 2 is 1.79 bits per heavy atom. The number of carbonyl (C=O) groups is 3. The quantitative estimate of drug-likeness (QED) is 0.606. The summed E-state index contributed by atoms with van der Waals surface area (Å²) in [6.45, 7) is 1.46. The van der Waals surface area contributed by atoms with Crippen molar-refractivity contribution in [1.29, 1.82) is 0 Å². The van der Waals surface area contributed by atoms with Crippen LogP contribution in [0.15, 0.2) is 54.6 Å². The second-order valence-electron chi connectivity index (χ2n) is 8.65. The predicted octanol–water partition coefficient (Wildman–Crippen LogP) is 2.43. The largest absolute Gasteiger partial charge is 0.351 e. The fourth-order valence-electron chi connectivity index (χ4n) is 4.64. The molecule has 4 rings (SSSR count). The standard InChI is InChI=1S/C25H29N5O3/c1-16(31)26-20-15-21(25(33)29(2)3)30(24(20)17-9-5-4-6-10-17)23(32)14-13-22-27-18-11-7-8-12-19(18)28-22/h4-12,20-21,24H,13-15H2,1-3H3,(H,26,31)(H,27,28)/t20-,21-,24-/m0/s1. The highest BCUT2D eigenvalue weighted by Crippen LogP contribution is 2.38. The topological polar surface area (TPSA) is 98.4 Å². The van der Waals surface area contributed by atoms with Crippen molar-refractivity contribution in [2.45, 2.75) is 44.3 Å². The Balaban J connectivity index is 1.63. The highest BCUT2D eigenvalue weighted by atomic mass is 16.2. The number of amides is 3. The van der Waals surface area contributed by atoms with E-state index in [-0.39, 0.29) is 30.2 Å². The average molecular weight is 448 g/mol. The molecule has 0 unspecified atom stereocenters. The van der Waals surface area contributed by atoms with E-state index in [0.29, 0.717) is 12.8 Å². The lowest BCUT2D eigenvalue weighted by Crippen LogP contribution is -2.47. The maximum absolute atomic E-state index is 13.6. The van der Waals surface area contributed by atoms with Gasteiger partial charge in [0.05, 0.1) is 23.1 Å². The molecule has 1 aromatic heterocycles. The van der Waals surface area contributed by atoms with E-state index in [2.05, 4.69) is 15.3 Å². The van der Waals surface area contributed by atoms with Crippen molar-refractivity contribution in [2.24, 2.45) is 0 Å². The number of nitrogens with zero attached hydrogens (tertiary/aromatic N) is 3. The number of aromatic amines is 1. The highest BCUT2D eigenvalue weighted by Gasteiger charge is 2.48. The van der Waals surface area contributed by atoms with E-state index in [1.807, 2.05) is 54.6 Å². The first-order valence-corrected chi connectivity index (χ1v) is 11.1. The van der Waals surface area contributed by atoms with Crippen molar-refractivity contribution in [1.82, 2.24) is 25.1 Å². The number of aryl methyl sites for hydroxylation is 1. The summed E-state index contributed by atoms with van der Waals surface area (Å²) in [5.41, 5.74) is 2.67. The van der Waals surface area contributed by atoms with E-state index >= 15 is 0 Å². The van der Waals surface area contributed by atoms with Gasteiger partial charge in [-0.2, -0.15) is 0 Å². The van der Waals surface area contributed by atoms with Gasteiger partial charge in [-0.25, -0.2) is 4.98 Å². The molecular weight excluding hydrogens is 418 g/mol. The summed E-state index contributed by atoms with van der Waals surface area (Å²) in [6.07, 6.45) is 0.999. The molecule has 1 aliphatic rings. The van der Waals surface area contributed by atoms with Crippen LogP contribution in [0, 0.1) is 0 Å². The first-order chi connectivity index (χ1) is 15.8. The first kappa shape index (κ1) is 22.5. The fourth-order valence-corrected chi connectivity index (χ4v) is 4.64. The Bertz CT molecular complexity index is 1120. The maximum atomic E-state index is 13.6. The predicted molar refractivity (Wildman–Crippen MR) is 125 cm³/mol. The zero-order chi connectivity index (χ0) is 23.5. The van der Waals surface area contributed by atoms with Crippen LogP contribution < -0.4 is 5.32 Å². The van der Waals surface area contributed by atoms with Crippen molar-refractivity contribution < 1.29 is 14.4 Å². The number of H-pyrrole nitrogens is 1. The molecule has 0 spiro atoms. The van der Waals surface area contributed by atoms with Gasteiger partial charge in [-0.3, -0.25) is 14.4 Å². The van der Waals surface area contributed by atoms with Crippen LogP contribution in [0.5, 0.6) is 0 Å². The first-order valence-electron chi connectivity index (χ1n) is 11.1. The number of rotatable bonds is 6. The van der Waals surface area contributed by atoms with Gasteiger partial charge in [-0.1, -0.05) is 42.5 Å². The van der Waals surface area contributed by atoms with Gasteiger partial charge in [0.15, 0.2) is 0 Å². The summed E-state index contributed by atoms with van der Waals surface area (Å²) in [7, 11) is 3.37. The van der Waals surface area contributed by atoms with Crippen LogP contribution in [-0.4, -0.2) is 63.7 Å². The molecular formula is C25H29N5O3. The van der Waals surface area contributed by atoms with Gasteiger partial charge in [0, 0.05) is 33.9 Å². The molecule has 3 aromatic rings. The summed E-state index contributed by atoms with van der Waals surface area (Å²) in [6, 6.07) is 15.9. The number of likely N-dealkylation sites (tertiary alicyclic amines) is 1. The van der Waals surface area contributed by atoms with Gasteiger partial charge in [-0.05, 0) is 24.1 Å². The van der Waals surface area contributed by atoms with Crippen LogP contribution in [0.2, 0.25) is 0 Å². The van der Waals surface area contributed by atoms with E-state index in [4.69, 9.17) is 0 Å². The Morgan fingerprint density at radius 1 is 1.09 bits per heavy atom. The number of fused-ring (bicyclic) bond motifs is 1. The molecule has 0 saturated carbocycles. The maximum Gasteiger partial charge on any atom is 0.244 e. The minimum atomic E-state index is -0.648. The van der Waals surface area contributed by atoms with Crippen molar-refractivity contribution in [3.05, 3.63) is 66.0 Å². The number of hydrogen-bond acceptors (Lipinski definition) is 4. The highest BCUT2D eigenvalue weighted by molar-refractivity contribution is 5.89. The summed E-state index contributed by atoms with van der Waals surface area (Å²) in [5, 5.41) is 2.97. The minimum Gasteiger partial charge on any atom is -0.351 e. The van der Waals surface area contributed by atoms with E-state index in [1.165, 1.54) is 11.8 Å². The number of imidazole rings is 1. The van der Waals surface area contributed by atoms with Crippen LogP contribution in [0.1, 0.15) is 37.2 Å². The monoisotopic (exact) mass is 447 g/mol. The van der Waals surface area contributed by atoms with E-state index in [9.17, 15) is 14.4 Å². The molecule has 3 amide bonds. The molecule has 2 N–H and O–H groups in total. The molecule has 33 heavy (non-hydrogen) atoms. The van der Waals surface area contributed by atoms with Crippen LogP contribution >= 0.6 is 0 Å². The van der Waals surface area contributed by atoms with Crippen molar-refractivity contribution in [3.63, 3.8) is 0 Å². The molecule has 2 aromatic carbocycles. The zero-order valence-electron chi connectivity index (χ0n) is 19.1.